The van der Waals surface area contributed by atoms with Gasteiger partial charge in [-0.1, -0.05) is 12.1 Å². The third-order valence-electron chi connectivity index (χ3n) is 2.46. The fraction of sp³-hybridized carbons (Fsp3) is 0. The van der Waals surface area contributed by atoms with Gasteiger partial charge in [-0.2, -0.15) is 0 Å². The van der Waals surface area contributed by atoms with E-state index in [1.807, 2.05) is 0 Å². The molecule has 0 bridgehead atoms. The van der Waals surface area contributed by atoms with Gasteiger partial charge in [0.25, 0.3) is 0 Å². The van der Waals surface area contributed by atoms with Gasteiger partial charge in [-0.05, 0) is 18.2 Å². The lowest BCUT2D eigenvalue weighted by atomic mass is 10.2. The van der Waals surface area contributed by atoms with Crippen molar-refractivity contribution in [2.24, 2.45) is 0 Å². The molecule has 102 valence electrons. The van der Waals surface area contributed by atoms with E-state index in [9.17, 15) is 19.3 Å². The predicted octanol–water partition coefficient (Wildman–Crippen LogP) is 3.22. The lowest BCUT2D eigenvalue weighted by Gasteiger charge is -2.07. The van der Waals surface area contributed by atoms with Crippen molar-refractivity contribution in [2.45, 2.75) is 0 Å². The molecule has 1 N–H and O–H groups in total. The number of nitrogens with zero attached hydrogens (tertiary/aromatic N) is 1. The molecule has 7 heteroatoms. The molecule has 6 nitrogen and oxygen atoms in total. The Kier molecular flexibility index (Phi) is 3.60. The standard InChI is InChI=1S/C13H8FNO5/c14-10-7-8(5-6-9(10)13(16)17)20-12-4-2-1-3-11(12)15(18)19/h1-7H,(H,16,17). The summed E-state index contributed by atoms with van der Waals surface area (Å²) in [6, 6.07) is 8.73. The van der Waals surface area contributed by atoms with Crippen molar-refractivity contribution >= 4 is 11.7 Å². The van der Waals surface area contributed by atoms with Crippen LogP contribution in [0.5, 0.6) is 11.5 Å². The lowest BCUT2D eigenvalue weighted by Crippen LogP contribution is -2.00. The molecule has 0 atom stereocenters. The Morgan fingerprint density at radius 1 is 1.25 bits per heavy atom. The van der Waals surface area contributed by atoms with Crippen molar-refractivity contribution in [3.05, 3.63) is 64.0 Å². The number of hydrogen-bond acceptors (Lipinski definition) is 4. The van der Waals surface area contributed by atoms with E-state index >= 15 is 0 Å². The number of carbonyl (C=O) groups is 1. The maximum absolute atomic E-state index is 13.5. The third-order valence-corrected chi connectivity index (χ3v) is 2.46. The zero-order valence-corrected chi connectivity index (χ0v) is 9.95. The second-order valence-electron chi connectivity index (χ2n) is 3.77. The molecule has 0 aliphatic rings. The van der Waals surface area contributed by atoms with Crippen LogP contribution < -0.4 is 4.74 Å². The lowest BCUT2D eigenvalue weighted by molar-refractivity contribution is -0.385. The molecule has 0 aliphatic carbocycles. The summed E-state index contributed by atoms with van der Waals surface area (Å²) < 4.78 is 18.7. The minimum Gasteiger partial charge on any atom is -0.478 e. The van der Waals surface area contributed by atoms with Crippen LogP contribution in [0, 0.1) is 15.9 Å². The van der Waals surface area contributed by atoms with E-state index in [1.165, 1.54) is 30.3 Å². The summed E-state index contributed by atoms with van der Waals surface area (Å²) in [6.07, 6.45) is 0. The number of ether oxygens (including phenoxy) is 1. The van der Waals surface area contributed by atoms with Crippen LogP contribution in [0.2, 0.25) is 0 Å². The highest BCUT2D eigenvalue weighted by atomic mass is 19.1. The zero-order valence-electron chi connectivity index (χ0n) is 9.95. The Labute approximate surface area is 112 Å². The number of halogens is 1. The maximum atomic E-state index is 13.5. The highest BCUT2D eigenvalue weighted by molar-refractivity contribution is 5.88. The molecule has 0 amide bonds. The summed E-state index contributed by atoms with van der Waals surface area (Å²) in [4.78, 5) is 20.8. The van der Waals surface area contributed by atoms with Gasteiger partial charge < -0.3 is 9.84 Å². The number of nitro groups is 1. The van der Waals surface area contributed by atoms with Crippen LogP contribution in [-0.4, -0.2) is 16.0 Å². The summed E-state index contributed by atoms with van der Waals surface area (Å²) in [5.41, 5.74) is -0.768. The van der Waals surface area contributed by atoms with E-state index in [0.29, 0.717) is 0 Å². The zero-order chi connectivity index (χ0) is 14.7. The van der Waals surface area contributed by atoms with Gasteiger partial charge >= 0.3 is 11.7 Å². The van der Waals surface area contributed by atoms with Crippen LogP contribution in [0.25, 0.3) is 0 Å². The first-order valence-corrected chi connectivity index (χ1v) is 5.43. The van der Waals surface area contributed by atoms with Gasteiger partial charge in [0.1, 0.15) is 11.6 Å². The largest absolute Gasteiger partial charge is 0.478 e. The van der Waals surface area contributed by atoms with E-state index in [4.69, 9.17) is 9.84 Å². The van der Waals surface area contributed by atoms with E-state index in [0.717, 1.165) is 12.1 Å². The van der Waals surface area contributed by atoms with Crippen LogP contribution in [0.4, 0.5) is 10.1 Å². The second-order valence-corrected chi connectivity index (χ2v) is 3.77. The normalized spacial score (nSPS) is 10.1. The van der Waals surface area contributed by atoms with Gasteiger partial charge in [-0.3, -0.25) is 10.1 Å². The summed E-state index contributed by atoms with van der Waals surface area (Å²) >= 11 is 0. The predicted molar refractivity (Wildman–Crippen MR) is 66.5 cm³/mol. The second kappa shape index (κ2) is 5.35. The Hall–Kier alpha value is -2.96. The average molecular weight is 277 g/mol. The fourth-order valence-electron chi connectivity index (χ4n) is 1.55. The van der Waals surface area contributed by atoms with Crippen LogP contribution in [-0.2, 0) is 0 Å². The molecule has 0 saturated carbocycles. The van der Waals surface area contributed by atoms with E-state index in [2.05, 4.69) is 0 Å². The molecule has 2 rings (SSSR count). The fourth-order valence-corrected chi connectivity index (χ4v) is 1.55. The number of carboxylic acid groups (broad SMARTS) is 1. The van der Waals surface area contributed by atoms with Gasteiger partial charge in [-0.25, -0.2) is 9.18 Å². The van der Waals surface area contributed by atoms with Crippen molar-refractivity contribution < 1.29 is 24.0 Å². The highest BCUT2D eigenvalue weighted by Crippen LogP contribution is 2.31. The Balaban J connectivity index is 2.34. The Morgan fingerprint density at radius 2 is 1.95 bits per heavy atom. The Morgan fingerprint density at radius 3 is 2.55 bits per heavy atom. The van der Waals surface area contributed by atoms with E-state index in [-0.39, 0.29) is 17.2 Å². The van der Waals surface area contributed by atoms with Crippen molar-refractivity contribution in [3.8, 4) is 11.5 Å². The van der Waals surface area contributed by atoms with Crippen LogP contribution in [0.3, 0.4) is 0 Å². The van der Waals surface area contributed by atoms with Gasteiger partial charge in [0.05, 0.1) is 10.5 Å². The van der Waals surface area contributed by atoms with Crippen molar-refractivity contribution in [1.29, 1.82) is 0 Å². The Bertz CT molecular complexity index is 686. The van der Waals surface area contributed by atoms with E-state index in [1.54, 1.807) is 0 Å². The smallest absolute Gasteiger partial charge is 0.338 e. The third kappa shape index (κ3) is 2.72. The minimum absolute atomic E-state index is 0.0261. The summed E-state index contributed by atoms with van der Waals surface area (Å²) in [6.45, 7) is 0. The molecule has 0 aliphatic heterocycles. The van der Waals surface area contributed by atoms with Gasteiger partial charge in [0.15, 0.2) is 0 Å². The monoisotopic (exact) mass is 277 g/mol. The van der Waals surface area contributed by atoms with Gasteiger partial charge in [0.2, 0.25) is 5.75 Å². The molecule has 0 spiro atoms. The first kappa shape index (κ1) is 13.5. The van der Waals surface area contributed by atoms with Crippen LogP contribution in [0.15, 0.2) is 42.5 Å². The molecule has 0 saturated heterocycles. The number of benzene rings is 2. The quantitative estimate of drug-likeness (QED) is 0.684. The van der Waals surface area contributed by atoms with Crippen molar-refractivity contribution in [3.63, 3.8) is 0 Å². The van der Waals surface area contributed by atoms with Gasteiger partial charge in [-0.15, -0.1) is 0 Å². The number of hydrogen-bond donors (Lipinski definition) is 1. The molecule has 0 unspecified atom stereocenters. The van der Waals surface area contributed by atoms with E-state index < -0.39 is 22.3 Å². The molecule has 0 radical (unpaired) electrons. The molecular formula is C13H8FNO5. The number of nitro benzene ring substituents is 1. The molecule has 0 heterocycles. The topological polar surface area (TPSA) is 89.7 Å². The van der Waals surface area contributed by atoms with Gasteiger partial charge in [0, 0.05) is 12.1 Å². The summed E-state index contributed by atoms with van der Waals surface area (Å²) in [5, 5.41) is 19.5. The number of rotatable bonds is 4. The summed E-state index contributed by atoms with van der Waals surface area (Å²) in [5.74, 6) is -2.46. The number of para-hydroxylation sites is 2. The molecule has 0 aromatic heterocycles. The minimum atomic E-state index is -1.40. The molecule has 20 heavy (non-hydrogen) atoms. The average Bonchev–Trinajstić information content (AvgIpc) is 2.38. The van der Waals surface area contributed by atoms with Crippen molar-refractivity contribution in [2.75, 3.05) is 0 Å². The molecule has 2 aromatic rings. The molecule has 2 aromatic carbocycles. The van der Waals surface area contributed by atoms with Crippen molar-refractivity contribution in [1.82, 2.24) is 0 Å². The first-order chi connectivity index (χ1) is 9.49. The van der Waals surface area contributed by atoms with Crippen LogP contribution in [0.1, 0.15) is 10.4 Å². The highest BCUT2D eigenvalue weighted by Gasteiger charge is 2.16. The van der Waals surface area contributed by atoms with Crippen LogP contribution >= 0.6 is 0 Å². The maximum Gasteiger partial charge on any atom is 0.338 e. The molecular weight excluding hydrogens is 269 g/mol. The molecule has 0 fully saturated rings. The summed E-state index contributed by atoms with van der Waals surface area (Å²) in [7, 11) is 0. The number of carboxylic acids is 1. The number of aromatic carboxylic acids is 1. The first-order valence-electron chi connectivity index (χ1n) is 5.43. The SMILES string of the molecule is O=C(O)c1ccc(Oc2ccccc2[N+](=O)[O-])cc1F.